The molecule has 4 heterocycles. The van der Waals surface area contributed by atoms with E-state index in [2.05, 4.69) is 10.1 Å². The van der Waals surface area contributed by atoms with Crippen molar-refractivity contribution >= 4 is 11.7 Å². The SMILES string of the molecule is Cc1cc(C[C@@H]2CN(c3cc(C(=O)N4CCOCC4)ccn3)C[C@@H]2O)on1. The zero-order valence-electron chi connectivity index (χ0n) is 15.4. The highest BCUT2D eigenvalue weighted by molar-refractivity contribution is 5.95. The first-order chi connectivity index (χ1) is 13.1. The minimum atomic E-state index is -0.476. The molecule has 2 aromatic heterocycles. The van der Waals surface area contributed by atoms with Crippen molar-refractivity contribution in [3.63, 3.8) is 0 Å². The number of rotatable bonds is 4. The number of carbonyl (C=O) groups excluding carboxylic acids is 1. The standard InChI is InChI=1S/C19H24N4O4/c1-13-8-16(27-21-13)9-15-11-23(12-17(15)24)18-10-14(2-3-20-18)19(25)22-4-6-26-7-5-22/h2-3,8,10,15,17,24H,4-7,9,11-12H2,1H3/t15-,17+/m1/s1. The summed E-state index contributed by atoms with van der Waals surface area (Å²) in [4.78, 5) is 20.9. The third kappa shape index (κ3) is 3.96. The number of aryl methyl sites for hydroxylation is 1. The second-order valence-electron chi connectivity index (χ2n) is 7.18. The summed E-state index contributed by atoms with van der Waals surface area (Å²) in [7, 11) is 0. The summed E-state index contributed by atoms with van der Waals surface area (Å²) in [6, 6.07) is 5.45. The number of aliphatic hydroxyl groups excluding tert-OH is 1. The fourth-order valence-corrected chi connectivity index (χ4v) is 3.69. The summed E-state index contributed by atoms with van der Waals surface area (Å²) in [5.41, 5.74) is 1.45. The number of nitrogens with zero attached hydrogens (tertiary/aromatic N) is 4. The Hall–Kier alpha value is -2.45. The zero-order chi connectivity index (χ0) is 18.8. The molecule has 2 aliphatic heterocycles. The maximum atomic E-state index is 12.7. The molecule has 1 N–H and O–H groups in total. The largest absolute Gasteiger partial charge is 0.391 e. The Kier molecular flexibility index (Phi) is 5.09. The molecular formula is C19H24N4O4. The fourth-order valence-electron chi connectivity index (χ4n) is 3.69. The molecule has 0 aliphatic carbocycles. The van der Waals surface area contributed by atoms with Crippen molar-refractivity contribution in [3.05, 3.63) is 41.4 Å². The van der Waals surface area contributed by atoms with Crippen LogP contribution >= 0.6 is 0 Å². The van der Waals surface area contributed by atoms with Crippen LogP contribution in [0.15, 0.2) is 28.9 Å². The fraction of sp³-hybridized carbons (Fsp3) is 0.526. The van der Waals surface area contributed by atoms with E-state index in [1.54, 1.807) is 17.2 Å². The van der Waals surface area contributed by atoms with Gasteiger partial charge in [-0.1, -0.05) is 5.16 Å². The van der Waals surface area contributed by atoms with Crippen molar-refractivity contribution < 1.29 is 19.2 Å². The minimum absolute atomic E-state index is 0.00428. The summed E-state index contributed by atoms with van der Waals surface area (Å²) in [6.45, 7) is 5.39. The van der Waals surface area contributed by atoms with Gasteiger partial charge in [0.2, 0.25) is 0 Å². The third-order valence-electron chi connectivity index (χ3n) is 5.16. The number of aromatic nitrogens is 2. The van der Waals surface area contributed by atoms with Crippen LogP contribution in [-0.4, -0.2) is 71.6 Å². The predicted octanol–water partition coefficient (Wildman–Crippen LogP) is 0.890. The zero-order valence-corrected chi connectivity index (χ0v) is 15.4. The average Bonchev–Trinajstić information content (AvgIpc) is 3.28. The number of carbonyl (C=O) groups is 1. The summed E-state index contributed by atoms with van der Waals surface area (Å²) >= 11 is 0. The number of ether oxygens (including phenoxy) is 1. The van der Waals surface area contributed by atoms with Gasteiger partial charge >= 0.3 is 0 Å². The second kappa shape index (κ2) is 7.66. The van der Waals surface area contributed by atoms with Gasteiger partial charge < -0.3 is 24.2 Å². The van der Waals surface area contributed by atoms with E-state index in [0.717, 1.165) is 11.5 Å². The van der Waals surface area contributed by atoms with E-state index in [1.807, 2.05) is 24.0 Å². The summed E-state index contributed by atoms with van der Waals surface area (Å²) < 4.78 is 10.6. The molecule has 8 heteroatoms. The van der Waals surface area contributed by atoms with Gasteiger partial charge in [0.05, 0.1) is 25.0 Å². The van der Waals surface area contributed by atoms with Crippen LogP contribution in [0.5, 0.6) is 0 Å². The maximum Gasteiger partial charge on any atom is 0.254 e. The molecule has 4 rings (SSSR count). The highest BCUT2D eigenvalue weighted by Gasteiger charge is 2.33. The van der Waals surface area contributed by atoms with Crippen LogP contribution < -0.4 is 4.90 Å². The number of β-amino-alcohol motifs (C(OH)–C–C–N with tert-alkyl or cyclic N) is 1. The molecule has 0 bridgehead atoms. The third-order valence-corrected chi connectivity index (χ3v) is 5.16. The highest BCUT2D eigenvalue weighted by atomic mass is 16.5. The molecule has 2 fully saturated rings. The van der Waals surface area contributed by atoms with Crippen LogP contribution in [0, 0.1) is 12.8 Å². The van der Waals surface area contributed by atoms with E-state index >= 15 is 0 Å². The van der Waals surface area contributed by atoms with Crippen molar-refractivity contribution in [1.82, 2.24) is 15.0 Å². The molecule has 2 aromatic rings. The van der Waals surface area contributed by atoms with E-state index in [1.165, 1.54) is 0 Å². The molecule has 0 unspecified atom stereocenters. The van der Waals surface area contributed by atoms with Crippen LogP contribution in [0.3, 0.4) is 0 Å². The van der Waals surface area contributed by atoms with Crippen LogP contribution in [0.25, 0.3) is 0 Å². The van der Waals surface area contributed by atoms with Crippen molar-refractivity contribution in [2.45, 2.75) is 19.4 Å². The Morgan fingerprint density at radius 1 is 1.30 bits per heavy atom. The smallest absolute Gasteiger partial charge is 0.254 e. The normalized spacial score (nSPS) is 23.0. The van der Waals surface area contributed by atoms with E-state index < -0.39 is 6.10 Å². The summed E-state index contributed by atoms with van der Waals surface area (Å²) in [5.74, 6) is 1.53. The first-order valence-electron chi connectivity index (χ1n) is 9.28. The molecule has 0 aromatic carbocycles. The molecule has 1 amide bonds. The average molecular weight is 372 g/mol. The minimum Gasteiger partial charge on any atom is -0.391 e. The number of amides is 1. The van der Waals surface area contributed by atoms with Gasteiger partial charge in [0.25, 0.3) is 5.91 Å². The van der Waals surface area contributed by atoms with Crippen molar-refractivity contribution in [3.8, 4) is 0 Å². The van der Waals surface area contributed by atoms with Crippen LogP contribution in [0.2, 0.25) is 0 Å². The molecule has 2 atom stereocenters. The Labute approximate surface area is 157 Å². The van der Waals surface area contributed by atoms with Gasteiger partial charge in [-0.25, -0.2) is 4.98 Å². The quantitative estimate of drug-likeness (QED) is 0.852. The van der Waals surface area contributed by atoms with Crippen molar-refractivity contribution in [2.24, 2.45) is 5.92 Å². The van der Waals surface area contributed by atoms with E-state index in [-0.39, 0.29) is 11.8 Å². The van der Waals surface area contributed by atoms with Crippen molar-refractivity contribution in [1.29, 1.82) is 0 Å². The van der Waals surface area contributed by atoms with Gasteiger partial charge in [0.1, 0.15) is 11.6 Å². The Bertz CT molecular complexity index is 803. The Balaban J connectivity index is 1.45. The number of morpholine rings is 1. The lowest BCUT2D eigenvalue weighted by Gasteiger charge is -2.27. The topological polar surface area (TPSA) is 91.9 Å². The van der Waals surface area contributed by atoms with Gasteiger partial charge in [-0.05, 0) is 19.1 Å². The van der Waals surface area contributed by atoms with Gasteiger partial charge in [-0.2, -0.15) is 0 Å². The molecule has 0 radical (unpaired) electrons. The predicted molar refractivity (Wildman–Crippen MR) is 97.6 cm³/mol. The first-order valence-corrected chi connectivity index (χ1v) is 9.28. The van der Waals surface area contributed by atoms with E-state index in [0.29, 0.717) is 57.2 Å². The molecule has 0 spiro atoms. The van der Waals surface area contributed by atoms with Crippen LogP contribution in [0.4, 0.5) is 5.82 Å². The van der Waals surface area contributed by atoms with Gasteiger partial charge in [-0.3, -0.25) is 4.79 Å². The summed E-state index contributed by atoms with van der Waals surface area (Å²) in [6.07, 6.45) is 1.81. The molecule has 2 saturated heterocycles. The second-order valence-corrected chi connectivity index (χ2v) is 7.18. The number of aliphatic hydroxyl groups is 1. The molecule has 144 valence electrons. The molecule has 27 heavy (non-hydrogen) atoms. The Morgan fingerprint density at radius 3 is 2.85 bits per heavy atom. The molecular weight excluding hydrogens is 348 g/mol. The highest BCUT2D eigenvalue weighted by Crippen LogP contribution is 2.26. The number of hydrogen-bond donors (Lipinski definition) is 1. The number of anilines is 1. The van der Waals surface area contributed by atoms with Gasteiger partial charge in [-0.15, -0.1) is 0 Å². The lowest BCUT2D eigenvalue weighted by atomic mass is 10.0. The Morgan fingerprint density at radius 2 is 2.11 bits per heavy atom. The van der Waals surface area contributed by atoms with Gasteiger partial charge in [0.15, 0.2) is 0 Å². The molecule has 0 saturated carbocycles. The first kappa shape index (κ1) is 17.9. The van der Waals surface area contributed by atoms with Crippen LogP contribution in [0.1, 0.15) is 21.8 Å². The number of hydrogen-bond acceptors (Lipinski definition) is 7. The summed E-state index contributed by atoms with van der Waals surface area (Å²) in [5, 5.41) is 14.4. The molecule has 8 nitrogen and oxygen atoms in total. The van der Waals surface area contributed by atoms with E-state index in [4.69, 9.17) is 9.26 Å². The van der Waals surface area contributed by atoms with Gasteiger partial charge in [0, 0.05) is 56.3 Å². The number of pyridine rings is 1. The lowest BCUT2D eigenvalue weighted by Crippen LogP contribution is -2.40. The van der Waals surface area contributed by atoms with Crippen molar-refractivity contribution in [2.75, 3.05) is 44.3 Å². The lowest BCUT2D eigenvalue weighted by molar-refractivity contribution is 0.0303. The monoisotopic (exact) mass is 372 g/mol. The van der Waals surface area contributed by atoms with E-state index in [9.17, 15) is 9.90 Å². The van der Waals surface area contributed by atoms with Crippen LogP contribution in [-0.2, 0) is 11.2 Å². The molecule has 2 aliphatic rings. The maximum absolute atomic E-state index is 12.7.